The molecule has 0 aliphatic heterocycles. The molecule has 10 heteroatoms. The van der Waals surface area contributed by atoms with Crippen molar-refractivity contribution in [2.45, 2.75) is 36.7 Å². The number of benzene rings is 4. The van der Waals surface area contributed by atoms with Crippen LogP contribution in [0.4, 0.5) is 0 Å². The van der Waals surface area contributed by atoms with Crippen molar-refractivity contribution in [3.05, 3.63) is 126 Å². The van der Waals surface area contributed by atoms with Gasteiger partial charge < -0.3 is 29.0 Å². The number of methoxy groups -OCH3 is 1. The van der Waals surface area contributed by atoms with Gasteiger partial charge in [-0.15, -0.1) is 0 Å². The van der Waals surface area contributed by atoms with Gasteiger partial charge in [-0.25, -0.2) is 13.1 Å². The van der Waals surface area contributed by atoms with Crippen LogP contribution in [0.2, 0.25) is 0 Å². The Morgan fingerprint density at radius 3 is 1.75 bits per heavy atom. The largest absolute Gasteiger partial charge is 0.497 e. The van der Waals surface area contributed by atoms with E-state index in [0.29, 0.717) is 58.5 Å². The van der Waals surface area contributed by atoms with Gasteiger partial charge in [0.05, 0.1) is 57.1 Å². The van der Waals surface area contributed by atoms with E-state index in [1.54, 1.807) is 31.4 Å². The monoisotopic (exact) mass is 676 g/mol. The lowest BCUT2D eigenvalue weighted by Gasteiger charge is -2.30. The second-order valence-electron chi connectivity index (χ2n) is 11.0. The second-order valence-corrected chi connectivity index (χ2v) is 12.8. The van der Waals surface area contributed by atoms with Crippen LogP contribution < -0.4 is 19.5 Å². The van der Waals surface area contributed by atoms with E-state index in [9.17, 15) is 8.42 Å². The standard InChI is InChI=1S/C38H48N2O7S/c1-3-44-25-26-45-27-28-46-29-30-47-35-20-22-36(23-21-35)48(41,42)40-38(33-14-8-5-9-15-33)37(32-12-6-4-7-13-32)39-24-10-11-31-16-18-34(43-2)19-17-31/h4-9,12-23,37-40H,3,10-11,24-30H2,1-2H3/t37-,38+/m0/s1. The number of rotatable bonds is 23. The molecule has 0 saturated carbocycles. The summed E-state index contributed by atoms with van der Waals surface area (Å²) in [6, 6.07) is 33.3. The molecule has 0 unspecified atom stereocenters. The minimum Gasteiger partial charge on any atom is -0.497 e. The first kappa shape index (κ1) is 37.1. The molecule has 48 heavy (non-hydrogen) atoms. The van der Waals surface area contributed by atoms with E-state index < -0.39 is 16.1 Å². The van der Waals surface area contributed by atoms with Crippen molar-refractivity contribution in [2.75, 3.05) is 59.9 Å². The molecule has 0 aliphatic carbocycles. The van der Waals surface area contributed by atoms with Gasteiger partial charge in [-0.1, -0.05) is 72.8 Å². The first-order valence-electron chi connectivity index (χ1n) is 16.4. The predicted molar refractivity (Wildman–Crippen MR) is 188 cm³/mol. The molecule has 2 N–H and O–H groups in total. The molecule has 0 saturated heterocycles. The number of nitrogens with one attached hydrogen (secondary N) is 2. The van der Waals surface area contributed by atoms with E-state index in [4.69, 9.17) is 23.7 Å². The molecule has 4 rings (SSSR count). The fraction of sp³-hybridized carbons (Fsp3) is 0.368. The van der Waals surface area contributed by atoms with Crippen LogP contribution in [-0.4, -0.2) is 68.3 Å². The number of ether oxygens (including phenoxy) is 5. The van der Waals surface area contributed by atoms with Crippen molar-refractivity contribution in [2.24, 2.45) is 0 Å². The van der Waals surface area contributed by atoms with Crippen LogP contribution in [0, 0.1) is 0 Å². The summed E-state index contributed by atoms with van der Waals surface area (Å²) in [6.07, 6.45) is 1.75. The van der Waals surface area contributed by atoms with E-state index in [2.05, 4.69) is 22.2 Å². The molecule has 4 aromatic rings. The average molecular weight is 677 g/mol. The molecule has 0 spiro atoms. The number of hydrogen-bond acceptors (Lipinski definition) is 8. The van der Waals surface area contributed by atoms with Crippen LogP contribution >= 0.6 is 0 Å². The van der Waals surface area contributed by atoms with Gasteiger partial charge in [-0.3, -0.25) is 0 Å². The Balaban J connectivity index is 1.38. The van der Waals surface area contributed by atoms with Gasteiger partial charge in [-0.05, 0) is 79.4 Å². The van der Waals surface area contributed by atoms with E-state index in [0.717, 1.165) is 29.7 Å². The summed E-state index contributed by atoms with van der Waals surface area (Å²) >= 11 is 0. The highest BCUT2D eigenvalue weighted by atomic mass is 32.2. The fourth-order valence-corrected chi connectivity index (χ4v) is 6.41. The molecule has 0 heterocycles. The van der Waals surface area contributed by atoms with Crippen LogP contribution in [0.5, 0.6) is 11.5 Å². The third-order valence-corrected chi connectivity index (χ3v) is 9.13. The summed E-state index contributed by atoms with van der Waals surface area (Å²) in [6.45, 7) is 6.10. The van der Waals surface area contributed by atoms with E-state index in [-0.39, 0.29) is 10.9 Å². The molecule has 9 nitrogen and oxygen atoms in total. The third kappa shape index (κ3) is 12.4. The maximum atomic E-state index is 13.8. The Hall–Kier alpha value is -3.77. The van der Waals surface area contributed by atoms with E-state index in [1.807, 2.05) is 79.7 Å². The van der Waals surface area contributed by atoms with Gasteiger partial charge in [0.15, 0.2) is 0 Å². The molecular weight excluding hydrogens is 628 g/mol. The smallest absolute Gasteiger partial charge is 0.241 e. The zero-order chi connectivity index (χ0) is 33.9. The lowest BCUT2D eigenvalue weighted by Crippen LogP contribution is -2.39. The topological polar surface area (TPSA) is 104 Å². The van der Waals surface area contributed by atoms with Crippen molar-refractivity contribution in [3.63, 3.8) is 0 Å². The molecule has 0 amide bonds. The van der Waals surface area contributed by atoms with Gasteiger partial charge in [-0.2, -0.15) is 0 Å². The number of aryl methyl sites for hydroxylation is 1. The summed E-state index contributed by atoms with van der Waals surface area (Å²) in [5.41, 5.74) is 3.06. The first-order valence-corrected chi connectivity index (χ1v) is 17.9. The Labute approximate surface area is 285 Å². The molecule has 2 atom stereocenters. The highest BCUT2D eigenvalue weighted by Gasteiger charge is 2.29. The van der Waals surface area contributed by atoms with Crippen LogP contribution in [-0.2, 0) is 30.7 Å². The quantitative estimate of drug-likeness (QED) is 0.0906. The van der Waals surface area contributed by atoms with E-state index in [1.165, 1.54) is 5.56 Å². The van der Waals surface area contributed by atoms with Gasteiger partial charge in [0, 0.05) is 6.61 Å². The van der Waals surface area contributed by atoms with Crippen molar-refractivity contribution in [3.8, 4) is 11.5 Å². The Morgan fingerprint density at radius 2 is 1.17 bits per heavy atom. The van der Waals surface area contributed by atoms with Gasteiger partial charge in [0.25, 0.3) is 0 Å². The number of sulfonamides is 1. The summed E-state index contributed by atoms with van der Waals surface area (Å²) in [5.74, 6) is 1.39. The fourth-order valence-electron chi connectivity index (χ4n) is 5.17. The van der Waals surface area contributed by atoms with Gasteiger partial charge >= 0.3 is 0 Å². The van der Waals surface area contributed by atoms with Crippen molar-refractivity contribution >= 4 is 10.0 Å². The van der Waals surface area contributed by atoms with Crippen molar-refractivity contribution in [1.29, 1.82) is 0 Å². The molecule has 0 aromatic heterocycles. The maximum Gasteiger partial charge on any atom is 0.241 e. The normalized spacial score (nSPS) is 12.8. The molecular formula is C38H48N2O7S. The molecule has 0 fully saturated rings. The summed E-state index contributed by atoms with van der Waals surface area (Å²) in [5, 5.41) is 3.67. The third-order valence-electron chi connectivity index (χ3n) is 7.68. The minimum atomic E-state index is -3.91. The lowest BCUT2D eigenvalue weighted by atomic mass is 9.94. The van der Waals surface area contributed by atoms with Crippen molar-refractivity contribution in [1.82, 2.24) is 10.0 Å². The van der Waals surface area contributed by atoms with Gasteiger partial charge in [0.1, 0.15) is 18.1 Å². The van der Waals surface area contributed by atoms with Gasteiger partial charge in [0.2, 0.25) is 10.0 Å². The van der Waals surface area contributed by atoms with E-state index >= 15 is 0 Å². The summed E-state index contributed by atoms with van der Waals surface area (Å²) < 4.78 is 57.9. The molecule has 258 valence electrons. The molecule has 0 bridgehead atoms. The highest BCUT2D eigenvalue weighted by Crippen LogP contribution is 2.31. The summed E-state index contributed by atoms with van der Waals surface area (Å²) in [7, 11) is -2.25. The zero-order valence-corrected chi connectivity index (χ0v) is 28.7. The zero-order valence-electron chi connectivity index (χ0n) is 27.9. The molecule has 4 aromatic carbocycles. The Bertz CT molecular complexity index is 1540. The SMILES string of the molecule is CCOCCOCCOCCOc1ccc(S(=O)(=O)N[C@H](c2ccccc2)[C@@H](NCCCc2ccc(OC)cc2)c2ccccc2)cc1. The number of hydrogen-bond donors (Lipinski definition) is 2. The Kier molecular flexibility index (Phi) is 15.9. The summed E-state index contributed by atoms with van der Waals surface area (Å²) in [4.78, 5) is 0.155. The average Bonchev–Trinajstić information content (AvgIpc) is 3.13. The lowest BCUT2D eigenvalue weighted by molar-refractivity contribution is 0.0114. The molecule has 0 aliphatic rings. The van der Waals surface area contributed by atoms with Crippen molar-refractivity contribution < 1.29 is 32.1 Å². The van der Waals surface area contributed by atoms with Crippen LogP contribution in [0.25, 0.3) is 0 Å². The maximum absolute atomic E-state index is 13.8. The Morgan fingerprint density at radius 1 is 0.625 bits per heavy atom. The van der Waals surface area contributed by atoms with Crippen LogP contribution in [0.15, 0.2) is 114 Å². The highest BCUT2D eigenvalue weighted by molar-refractivity contribution is 7.89. The molecule has 0 radical (unpaired) electrons. The second kappa shape index (κ2) is 20.6. The minimum absolute atomic E-state index is 0.155. The van der Waals surface area contributed by atoms with Crippen LogP contribution in [0.3, 0.4) is 0 Å². The predicted octanol–water partition coefficient (Wildman–Crippen LogP) is 6.13. The first-order chi connectivity index (χ1) is 23.5. The van der Waals surface area contributed by atoms with Crippen LogP contribution in [0.1, 0.15) is 42.1 Å².